The van der Waals surface area contributed by atoms with Crippen molar-refractivity contribution in [3.8, 4) is 0 Å². The molecule has 0 aliphatic rings. The number of ketones is 1. The molecule has 2 heterocycles. The second kappa shape index (κ2) is 9.61. The summed E-state index contributed by atoms with van der Waals surface area (Å²) >= 11 is 1.32. The number of aryl methyl sites for hydroxylation is 2. The van der Waals surface area contributed by atoms with Crippen molar-refractivity contribution in [2.24, 2.45) is 0 Å². The lowest BCUT2D eigenvalue weighted by atomic mass is 10.1. The fourth-order valence-electron chi connectivity index (χ4n) is 2.97. The Labute approximate surface area is 184 Å². The fourth-order valence-corrected chi connectivity index (χ4v) is 4.05. The zero-order valence-corrected chi connectivity index (χ0v) is 18.6. The quantitative estimate of drug-likeness (QED) is 0.304. The Hall–Kier alpha value is -3.39. The molecule has 1 atom stereocenters. The van der Waals surface area contributed by atoms with Crippen molar-refractivity contribution in [2.75, 3.05) is 11.9 Å². The lowest BCUT2D eigenvalue weighted by Gasteiger charge is -2.20. The van der Waals surface area contributed by atoms with Crippen molar-refractivity contribution >= 4 is 34.0 Å². The van der Waals surface area contributed by atoms with E-state index in [4.69, 9.17) is 9.15 Å². The predicted molar refractivity (Wildman–Crippen MR) is 119 cm³/mol. The zero-order chi connectivity index (χ0) is 22.5. The number of rotatable bonds is 8. The average Bonchev–Trinajstić information content (AvgIpc) is 3.37. The van der Waals surface area contributed by atoms with E-state index in [0.717, 1.165) is 16.0 Å². The summed E-state index contributed by atoms with van der Waals surface area (Å²) < 4.78 is 10.3. The van der Waals surface area contributed by atoms with Gasteiger partial charge in [-0.05, 0) is 45.4 Å². The van der Waals surface area contributed by atoms with Crippen LogP contribution in [0, 0.1) is 20.8 Å². The molecule has 8 heteroatoms. The molecule has 2 aromatic heterocycles. The van der Waals surface area contributed by atoms with Crippen LogP contribution in [0.3, 0.4) is 0 Å². The van der Waals surface area contributed by atoms with Crippen LogP contribution in [-0.2, 0) is 4.74 Å². The summed E-state index contributed by atoms with van der Waals surface area (Å²) in [4.78, 5) is 39.3. The fraction of sp³-hybridized carbons (Fsp3) is 0.261. The van der Waals surface area contributed by atoms with Gasteiger partial charge < -0.3 is 19.8 Å². The van der Waals surface area contributed by atoms with Crippen LogP contribution in [-0.4, -0.2) is 30.4 Å². The zero-order valence-electron chi connectivity index (χ0n) is 17.8. The van der Waals surface area contributed by atoms with E-state index in [1.807, 2.05) is 32.9 Å². The normalized spacial score (nSPS) is 11.6. The average molecular weight is 441 g/mol. The van der Waals surface area contributed by atoms with Crippen LogP contribution in [0.4, 0.5) is 5.00 Å². The minimum Gasteiger partial charge on any atom is -0.462 e. The Morgan fingerprint density at radius 3 is 2.42 bits per heavy atom. The molecule has 0 spiro atoms. The number of anilines is 1. The Kier molecular flexibility index (Phi) is 6.91. The van der Waals surface area contributed by atoms with Crippen LogP contribution in [0.2, 0.25) is 0 Å². The number of furan rings is 1. The van der Waals surface area contributed by atoms with Gasteiger partial charge in [0.1, 0.15) is 5.00 Å². The SMILES string of the molecule is CCOC(=O)c1c(NC(NC(=O)c2ccco2)C(=O)c2ccc(C)cc2)sc(C)c1C. The number of benzene rings is 1. The number of Topliss-reactive ketones (excluding diaryl/α,β-unsaturated/α-hetero) is 1. The standard InChI is InChI=1S/C23H24N2O5S/c1-5-29-23(28)18-14(3)15(4)31-22(18)25-20(24-21(27)17-7-6-12-30-17)19(26)16-10-8-13(2)9-11-16/h6-12,20,25H,5H2,1-4H3,(H,24,27). The third kappa shape index (κ3) is 5.03. The molecule has 1 aromatic carbocycles. The van der Waals surface area contributed by atoms with Gasteiger partial charge in [-0.2, -0.15) is 0 Å². The first-order chi connectivity index (χ1) is 14.8. The maximum Gasteiger partial charge on any atom is 0.341 e. The Balaban J connectivity index is 1.96. The van der Waals surface area contributed by atoms with Crippen LogP contribution in [0.15, 0.2) is 47.1 Å². The first-order valence-corrected chi connectivity index (χ1v) is 10.6. The molecule has 1 amide bonds. The number of hydrogen-bond acceptors (Lipinski definition) is 7. The molecular formula is C23H24N2O5S. The molecule has 0 aliphatic heterocycles. The summed E-state index contributed by atoms with van der Waals surface area (Å²) in [6.07, 6.45) is 0.259. The molecule has 7 nitrogen and oxygen atoms in total. The molecule has 0 saturated heterocycles. The molecule has 3 aromatic rings. The van der Waals surface area contributed by atoms with Gasteiger partial charge in [0.15, 0.2) is 11.9 Å². The first kappa shape index (κ1) is 22.3. The van der Waals surface area contributed by atoms with Crippen molar-refractivity contribution in [3.05, 3.63) is 75.6 Å². The molecule has 3 rings (SSSR count). The van der Waals surface area contributed by atoms with Crippen molar-refractivity contribution < 1.29 is 23.5 Å². The van der Waals surface area contributed by atoms with E-state index >= 15 is 0 Å². The predicted octanol–water partition coefficient (Wildman–Crippen LogP) is 4.49. The molecule has 0 fully saturated rings. The monoisotopic (exact) mass is 440 g/mol. The van der Waals surface area contributed by atoms with Crippen molar-refractivity contribution in [1.82, 2.24) is 5.32 Å². The molecule has 31 heavy (non-hydrogen) atoms. The second-order valence-electron chi connectivity index (χ2n) is 6.97. The number of carbonyl (C=O) groups excluding carboxylic acids is 3. The van der Waals surface area contributed by atoms with E-state index in [2.05, 4.69) is 10.6 Å². The van der Waals surface area contributed by atoms with Gasteiger partial charge in [-0.3, -0.25) is 9.59 Å². The van der Waals surface area contributed by atoms with Gasteiger partial charge in [-0.15, -0.1) is 11.3 Å². The van der Waals surface area contributed by atoms with Gasteiger partial charge in [-0.25, -0.2) is 4.79 Å². The highest BCUT2D eigenvalue weighted by molar-refractivity contribution is 7.16. The molecule has 0 aliphatic carbocycles. The summed E-state index contributed by atoms with van der Waals surface area (Å²) in [6.45, 7) is 7.58. The van der Waals surface area contributed by atoms with Crippen LogP contribution in [0.25, 0.3) is 0 Å². The number of hydrogen-bond donors (Lipinski definition) is 2. The van der Waals surface area contributed by atoms with Gasteiger partial charge in [0.25, 0.3) is 5.91 Å². The van der Waals surface area contributed by atoms with Crippen LogP contribution in [0.1, 0.15) is 54.2 Å². The van der Waals surface area contributed by atoms with Crippen molar-refractivity contribution in [2.45, 2.75) is 33.9 Å². The minimum absolute atomic E-state index is 0.0765. The number of thiophene rings is 1. The number of amides is 1. The number of nitrogens with one attached hydrogen (secondary N) is 2. The number of ether oxygens (including phenoxy) is 1. The first-order valence-electron chi connectivity index (χ1n) is 9.80. The topological polar surface area (TPSA) is 97.6 Å². The van der Waals surface area contributed by atoms with Crippen LogP contribution in [0.5, 0.6) is 0 Å². The number of esters is 1. The van der Waals surface area contributed by atoms with E-state index in [1.54, 1.807) is 25.1 Å². The maximum atomic E-state index is 13.2. The molecular weight excluding hydrogens is 416 g/mol. The smallest absolute Gasteiger partial charge is 0.341 e. The second-order valence-corrected chi connectivity index (χ2v) is 8.19. The van der Waals surface area contributed by atoms with Gasteiger partial charge in [-0.1, -0.05) is 29.8 Å². The third-order valence-electron chi connectivity index (χ3n) is 4.76. The van der Waals surface area contributed by atoms with Gasteiger partial charge in [0, 0.05) is 10.4 Å². The van der Waals surface area contributed by atoms with Crippen molar-refractivity contribution in [3.63, 3.8) is 0 Å². The highest BCUT2D eigenvalue weighted by Crippen LogP contribution is 2.33. The lowest BCUT2D eigenvalue weighted by Crippen LogP contribution is -2.46. The van der Waals surface area contributed by atoms with E-state index in [0.29, 0.717) is 16.1 Å². The summed E-state index contributed by atoms with van der Waals surface area (Å²) in [5.41, 5.74) is 2.56. The molecule has 2 N–H and O–H groups in total. The molecule has 0 radical (unpaired) electrons. The maximum absolute atomic E-state index is 13.2. The van der Waals surface area contributed by atoms with E-state index in [1.165, 1.54) is 23.7 Å². The minimum atomic E-state index is -1.12. The largest absolute Gasteiger partial charge is 0.462 e. The number of carbonyl (C=O) groups is 3. The van der Waals surface area contributed by atoms with Crippen molar-refractivity contribution in [1.29, 1.82) is 0 Å². The summed E-state index contributed by atoms with van der Waals surface area (Å²) in [6, 6.07) is 10.1. The Morgan fingerprint density at radius 1 is 1.10 bits per heavy atom. The summed E-state index contributed by atoms with van der Waals surface area (Å²) in [5, 5.41) is 6.17. The molecule has 162 valence electrons. The highest BCUT2D eigenvalue weighted by atomic mass is 32.1. The van der Waals surface area contributed by atoms with Gasteiger partial charge in [0.05, 0.1) is 18.4 Å². The van der Waals surface area contributed by atoms with E-state index in [-0.39, 0.29) is 18.2 Å². The summed E-state index contributed by atoms with van der Waals surface area (Å²) in [5.74, 6) is -1.30. The van der Waals surface area contributed by atoms with Crippen LogP contribution >= 0.6 is 11.3 Å². The highest BCUT2D eigenvalue weighted by Gasteiger charge is 2.28. The Morgan fingerprint density at radius 2 is 1.81 bits per heavy atom. The third-order valence-corrected chi connectivity index (χ3v) is 5.90. The van der Waals surface area contributed by atoms with Gasteiger partial charge >= 0.3 is 5.97 Å². The lowest BCUT2D eigenvalue weighted by molar-refractivity contribution is 0.0526. The molecule has 1 unspecified atom stereocenters. The van der Waals surface area contributed by atoms with E-state index in [9.17, 15) is 14.4 Å². The summed E-state index contributed by atoms with van der Waals surface area (Å²) in [7, 11) is 0. The molecule has 0 bridgehead atoms. The van der Waals surface area contributed by atoms with Crippen LogP contribution < -0.4 is 10.6 Å². The Bertz CT molecular complexity index is 1080. The molecule has 0 saturated carbocycles. The van der Waals surface area contributed by atoms with Gasteiger partial charge in [0.2, 0.25) is 5.78 Å². The van der Waals surface area contributed by atoms with E-state index < -0.39 is 18.0 Å².